The van der Waals surface area contributed by atoms with Crippen molar-refractivity contribution in [3.8, 4) is 0 Å². The highest BCUT2D eigenvalue weighted by molar-refractivity contribution is 9.10. The molecule has 1 amide bonds. The largest absolute Gasteiger partial charge is 0.300 e. The fourth-order valence-corrected chi connectivity index (χ4v) is 5.24. The van der Waals surface area contributed by atoms with Crippen LogP contribution in [0.3, 0.4) is 0 Å². The Labute approximate surface area is 137 Å². The Hall–Kier alpha value is -1.25. The van der Waals surface area contributed by atoms with Crippen LogP contribution in [0, 0.1) is 0 Å². The molecule has 2 heterocycles. The predicted molar refractivity (Wildman–Crippen MR) is 85.6 cm³/mol. The van der Waals surface area contributed by atoms with Crippen LogP contribution in [0.15, 0.2) is 22.7 Å². The van der Waals surface area contributed by atoms with E-state index in [4.69, 9.17) is 0 Å². The first-order valence-electron chi connectivity index (χ1n) is 6.85. The fraction of sp³-hybridized carbons (Fsp3) is 0.429. The molecule has 0 spiro atoms. The average Bonchev–Trinajstić information content (AvgIpc) is 2.93. The first-order valence-corrected chi connectivity index (χ1v) is 9.47. The van der Waals surface area contributed by atoms with Gasteiger partial charge in [-0.25, -0.2) is 8.42 Å². The molecule has 1 aromatic rings. The molecule has 0 bridgehead atoms. The Kier molecular flexibility index (Phi) is 3.86. The molecule has 1 fully saturated rings. The molecule has 0 N–H and O–H groups in total. The Bertz CT molecular complexity index is 762. The van der Waals surface area contributed by atoms with E-state index in [1.54, 1.807) is 25.2 Å². The number of fused-ring (bicyclic) bond motifs is 1. The lowest BCUT2D eigenvalue weighted by atomic mass is 10.1. The summed E-state index contributed by atoms with van der Waals surface area (Å²) in [5.74, 6) is -0.827. The van der Waals surface area contributed by atoms with Gasteiger partial charge in [0.1, 0.15) is 0 Å². The van der Waals surface area contributed by atoms with Gasteiger partial charge in [0.25, 0.3) is 5.78 Å². The van der Waals surface area contributed by atoms with E-state index in [0.717, 1.165) is 0 Å². The van der Waals surface area contributed by atoms with E-state index in [9.17, 15) is 18.0 Å². The summed E-state index contributed by atoms with van der Waals surface area (Å²) in [5, 5.41) is 0. The van der Waals surface area contributed by atoms with Crippen LogP contribution in [0.2, 0.25) is 0 Å². The van der Waals surface area contributed by atoms with E-state index >= 15 is 0 Å². The summed E-state index contributed by atoms with van der Waals surface area (Å²) in [6.07, 6.45) is 0.556. The van der Waals surface area contributed by atoms with Crippen molar-refractivity contribution in [3.63, 3.8) is 0 Å². The molecule has 0 aromatic heterocycles. The normalized spacial score (nSPS) is 23.4. The number of nitrogens with zero attached hydrogens (tertiary/aromatic N) is 2. The molecule has 8 heteroatoms. The van der Waals surface area contributed by atoms with Crippen LogP contribution < -0.4 is 4.90 Å². The number of hydrogen-bond donors (Lipinski definition) is 0. The summed E-state index contributed by atoms with van der Waals surface area (Å²) in [6, 6.07) is 5.09. The molecule has 1 unspecified atom stereocenters. The van der Waals surface area contributed by atoms with Crippen LogP contribution in [0.25, 0.3) is 0 Å². The fourth-order valence-electron chi connectivity index (χ4n) is 2.90. The lowest BCUT2D eigenvalue weighted by molar-refractivity contribution is -0.114. The molecule has 0 radical (unpaired) electrons. The molecule has 0 saturated carbocycles. The zero-order chi connectivity index (χ0) is 16.1. The summed E-state index contributed by atoms with van der Waals surface area (Å²) in [6.45, 7) is 0.203. The molecular weight excluding hydrogens is 372 g/mol. The third-order valence-corrected chi connectivity index (χ3v) is 6.56. The maximum Gasteiger partial charge on any atom is 0.300 e. The minimum atomic E-state index is -2.99. The van der Waals surface area contributed by atoms with Gasteiger partial charge in [0.2, 0.25) is 0 Å². The maximum atomic E-state index is 12.2. The van der Waals surface area contributed by atoms with E-state index < -0.39 is 21.5 Å². The summed E-state index contributed by atoms with van der Waals surface area (Å²) in [4.78, 5) is 27.5. The van der Waals surface area contributed by atoms with Gasteiger partial charge in [0.15, 0.2) is 9.84 Å². The highest BCUT2D eigenvalue weighted by Crippen LogP contribution is 2.34. The summed E-state index contributed by atoms with van der Waals surface area (Å²) >= 11 is 3.30. The van der Waals surface area contributed by atoms with Crippen molar-refractivity contribution >= 4 is 43.1 Å². The maximum absolute atomic E-state index is 12.2. The van der Waals surface area contributed by atoms with E-state index in [-0.39, 0.29) is 24.2 Å². The molecule has 1 aromatic carbocycles. The highest BCUT2D eigenvalue weighted by atomic mass is 79.9. The number of ketones is 1. The van der Waals surface area contributed by atoms with Crippen molar-refractivity contribution in [3.05, 3.63) is 28.2 Å². The molecule has 3 rings (SSSR count). The standard InChI is InChI=1S/C14H15BrN2O4S/c1-16(9-5-6-22(20,21)7-9)8-17-11-4-2-3-10(15)12(11)13(18)14(17)19/h2-4,9H,5-8H2,1H3. The first-order chi connectivity index (χ1) is 10.3. The van der Waals surface area contributed by atoms with Gasteiger partial charge < -0.3 is 0 Å². The van der Waals surface area contributed by atoms with Crippen LogP contribution in [0.1, 0.15) is 16.8 Å². The number of hydrogen-bond acceptors (Lipinski definition) is 5. The van der Waals surface area contributed by atoms with Crippen LogP contribution in [0.5, 0.6) is 0 Å². The van der Waals surface area contributed by atoms with Gasteiger partial charge in [-0.3, -0.25) is 19.4 Å². The topological polar surface area (TPSA) is 74.8 Å². The van der Waals surface area contributed by atoms with Crippen molar-refractivity contribution in [2.24, 2.45) is 0 Å². The molecule has 0 aliphatic carbocycles. The Balaban J connectivity index is 1.83. The van der Waals surface area contributed by atoms with Gasteiger partial charge in [-0.05, 0) is 41.5 Å². The number of anilines is 1. The molecule has 1 atom stereocenters. The average molecular weight is 387 g/mol. The van der Waals surface area contributed by atoms with Crippen LogP contribution in [-0.4, -0.2) is 56.3 Å². The molecule has 6 nitrogen and oxygen atoms in total. The summed E-state index contributed by atoms with van der Waals surface area (Å²) in [7, 11) is -1.21. The van der Waals surface area contributed by atoms with Crippen LogP contribution in [-0.2, 0) is 14.6 Å². The molecular formula is C14H15BrN2O4S. The third-order valence-electron chi connectivity index (χ3n) is 4.15. The molecule has 22 heavy (non-hydrogen) atoms. The van der Waals surface area contributed by atoms with Gasteiger partial charge in [-0.15, -0.1) is 0 Å². The second kappa shape index (κ2) is 5.43. The van der Waals surface area contributed by atoms with E-state index in [0.29, 0.717) is 22.1 Å². The quantitative estimate of drug-likeness (QED) is 0.725. The second-order valence-corrected chi connectivity index (χ2v) is 8.73. The number of halogens is 1. The van der Waals surface area contributed by atoms with Crippen molar-refractivity contribution in [1.82, 2.24) is 4.90 Å². The van der Waals surface area contributed by atoms with E-state index in [2.05, 4.69) is 15.9 Å². The Morgan fingerprint density at radius 2 is 2.09 bits per heavy atom. The van der Waals surface area contributed by atoms with Gasteiger partial charge in [-0.2, -0.15) is 0 Å². The number of benzene rings is 1. The van der Waals surface area contributed by atoms with Gasteiger partial charge in [0.05, 0.1) is 29.4 Å². The van der Waals surface area contributed by atoms with Crippen molar-refractivity contribution in [1.29, 1.82) is 0 Å². The van der Waals surface area contributed by atoms with E-state index in [1.165, 1.54) is 4.90 Å². The first kappa shape index (κ1) is 15.6. The molecule has 2 aliphatic rings. The number of carbonyl (C=O) groups excluding carboxylic acids is 2. The van der Waals surface area contributed by atoms with Gasteiger partial charge in [-0.1, -0.05) is 6.07 Å². The van der Waals surface area contributed by atoms with Crippen LogP contribution in [0.4, 0.5) is 5.69 Å². The zero-order valence-corrected chi connectivity index (χ0v) is 14.4. The lowest BCUT2D eigenvalue weighted by Crippen LogP contribution is -2.44. The lowest BCUT2D eigenvalue weighted by Gasteiger charge is -2.28. The highest BCUT2D eigenvalue weighted by Gasteiger charge is 2.39. The summed E-state index contributed by atoms with van der Waals surface area (Å²) < 4.78 is 23.7. The number of rotatable bonds is 3. The predicted octanol–water partition coefficient (Wildman–Crippen LogP) is 1.05. The number of Topliss-reactive ketones (excluding diaryl/α,β-unsaturated/α-hetero) is 1. The van der Waals surface area contributed by atoms with Gasteiger partial charge in [0, 0.05) is 10.5 Å². The molecule has 118 valence electrons. The van der Waals surface area contributed by atoms with Crippen molar-refractivity contribution in [2.75, 3.05) is 30.1 Å². The Morgan fingerprint density at radius 3 is 2.73 bits per heavy atom. The van der Waals surface area contributed by atoms with Crippen LogP contribution >= 0.6 is 15.9 Å². The van der Waals surface area contributed by atoms with Crippen molar-refractivity contribution in [2.45, 2.75) is 12.5 Å². The van der Waals surface area contributed by atoms with Crippen molar-refractivity contribution < 1.29 is 18.0 Å². The smallest absolute Gasteiger partial charge is 0.291 e. The SMILES string of the molecule is CN(CN1C(=O)C(=O)c2c(Br)cccc21)C1CCS(=O)(=O)C1. The zero-order valence-electron chi connectivity index (χ0n) is 12.0. The summed E-state index contributed by atoms with van der Waals surface area (Å²) in [5.41, 5.74) is 0.942. The third kappa shape index (κ3) is 2.59. The molecule has 1 saturated heterocycles. The minimum Gasteiger partial charge on any atom is -0.291 e. The number of amides is 1. The monoisotopic (exact) mass is 386 g/mol. The second-order valence-electron chi connectivity index (χ2n) is 5.65. The Morgan fingerprint density at radius 1 is 1.36 bits per heavy atom. The number of sulfone groups is 1. The number of carbonyl (C=O) groups is 2. The van der Waals surface area contributed by atoms with E-state index in [1.807, 2.05) is 4.90 Å². The minimum absolute atomic E-state index is 0.102. The van der Waals surface area contributed by atoms with Gasteiger partial charge >= 0.3 is 5.91 Å². The molecule has 2 aliphatic heterocycles.